The topological polar surface area (TPSA) is 100 Å². The third-order valence-corrected chi connectivity index (χ3v) is 3.62. The van der Waals surface area contributed by atoms with Crippen molar-refractivity contribution in [1.82, 2.24) is 25.0 Å². The van der Waals surface area contributed by atoms with Crippen molar-refractivity contribution in [2.45, 2.75) is 31.7 Å². The Morgan fingerprint density at radius 3 is 2.90 bits per heavy atom. The molecule has 0 aromatic carbocycles. The molecule has 1 aliphatic heterocycles. The summed E-state index contributed by atoms with van der Waals surface area (Å²) in [6.07, 6.45) is 3.30. The zero-order valence-corrected chi connectivity index (χ0v) is 11.7. The van der Waals surface area contributed by atoms with Gasteiger partial charge in [0.05, 0.1) is 0 Å². The summed E-state index contributed by atoms with van der Waals surface area (Å²) in [6, 6.07) is -0.344. The maximum absolute atomic E-state index is 12.1. The lowest BCUT2D eigenvalue weighted by atomic mass is 10.00. The Balaban J connectivity index is 1.87. The van der Waals surface area contributed by atoms with Crippen molar-refractivity contribution in [1.29, 1.82) is 0 Å². The van der Waals surface area contributed by atoms with Gasteiger partial charge in [0.15, 0.2) is 5.82 Å². The van der Waals surface area contributed by atoms with E-state index in [0.717, 1.165) is 0 Å². The predicted octanol–water partition coefficient (Wildman–Crippen LogP) is 0.00630. The Morgan fingerprint density at radius 2 is 2.30 bits per heavy atom. The van der Waals surface area contributed by atoms with Crippen LogP contribution in [0.1, 0.15) is 25.6 Å². The van der Waals surface area contributed by atoms with Crippen molar-refractivity contribution >= 4 is 12.0 Å². The molecular formula is C12H19N5O3. The molecule has 1 atom stereocenters. The Bertz CT molecular complexity index is 515. The molecule has 1 unspecified atom stereocenters. The number of carbonyl (C=O) groups excluding carboxylic acids is 1. The molecule has 110 valence electrons. The molecule has 2 rings (SSSR count). The van der Waals surface area contributed by atoms with Gasteiger partial charge in [0.2, 0.25) is 0 Å². The van der Waals surface area contributed by atoms with Gasteiger partial charge in [-0.25, -0.2) is 14.6 Å². The molecule has 8 heteroatoms. The molecule has 0 radical (unpaired) electrons. The smallest absolute Gasteiger partial charge is 0.329 e. The monoisotopic (exact) mass is 281 g/mol. The summed E-state index contributed by atoms with van der Waals surface area (Å²) >= 11 is 0. The lowest BCUT2D eigenvalue weighted by Crippen LogP contribution is -2.54. The highest BCUT2D eigenvalue weighted by Gasteiger charge is 2.45. The van der Waals surface area contributed by atoms with Gasteiger partial charge < -0.3 is 15.3 Å². The number of carbonyl (C=O) groups is 2. The number of hydrogen-bond acceptors (Lipinski definition) is 4. The summed E-state index contributed by atoms with van der Waals surface area (Å²) < 4.78 is 1.60. The predicted molar refractivity (Wildman–Crippen MR) is 70.1 cm³/mol. The molecule has 8 nitrogen and oxygen atoms in total. The number of likely N-dealkylation sites (tertiary alicyclic amines) is 1. The van der Waals surface area contributed by atoms with E-state index in [0.29, 0.717) is 38.2 Å². The van der Waals surface area contributed by atoms with Gasteiger partial charge in [-0.3, -0.25) is 4.68 Å². The number of aromatic nitrogens is 3. The average Bonchev–Trinajstić information content (AvgIpc) is 2.96. The first-order chi connectivity index (χ1) is 9.43. The van der Waals surface area contributed by atoms with E-state index >= 15 is 0 Å². The molecule has 2 amide bonds. The first-order valence-corrected chi connectivity index (χ1v) is 6.57. The minimum atomic E-state index is -1.10. The first-order valence-electron chi connectivity index (χ1n) is 6.57. The molecule has 1 fully saturated rings. The molecule has 0 aliphatic carbocycles. The maximum atomic E-state index is 12.1. The number of carboxylic acid groups (broad SMARTS) is 1. The molecule has 20 heavy (non-hydrogen) atoms. The highest BCUT2D eigenvalue weighted by Crippen LogP contribution is 2.29. The second kappa shape index (κ2) is 5.48. The summed E-state index contributed by atoms with van der Waals surface area (Å²) in [4.78, 5) is 28.8. The Labute approximate surface area is 116 Å². The molecule has 1 aromatic heterocycles. The maximum Gasteiger partial charge on any atom is 0.329 e. The second-order valence-electron chi connectivity index (χ2n) is 5.15. The second-order valence-corrected chi connectivity index (χ2v) is 5.15. The third-order valence-electron chi connectivity index (χ3n) is 3.62. The summed E-state index contributed by atoms with van der Waals surface area (Å²) in [5.41, 5.74) is -1.10. The fourth-order valence-corrected chi connectivity index (χ4v) is 2.39. The van der Waals surface area contributed by atoms with Gasteiger partial charge in [0.25, 0.3) is 0 Å². The van der Waals surface area contributed by atoms with Crippen molar-refractivity contribution < 1.29 is 14.7 Å². The number of urea groups is 1. The van der Waals surface area contributed by atoms with E-state index in [-0.39, 0.29) is 6.03 Å². The highest BCUT2D eigenvalue weighted by molar-refractivity contribution is 5.86. The van der Waals surface area contributed by atoms with E-state index in [9.17, 15) is 14.7 Å². The summed E-state index contributed by atoms with van der Waals surface area (Å²) in [6.45, 7) is 2.44. The molecule has 1 aliphatic rings. The van der Waals surface area contributed by atoms with Gasteiger partial charge in [-0.15, -0.1) is 0 Å². The average molecular weight is 281 g/mol. The van der Waals surface area contributed by atoms with E-state index in [1.807, 2.05) is 0 Å². The van der Waals surface area contributed by atoms with Crippen molar-refractivity contribution in [2.24, 2.45) is 7.05 Å². The number of aryl methyl sites for hydroxylation is 1. The van der Waals surface area contributed by atoms with Crippen LogP contribution in [-0.2, 0) is 18.3 Å². The summed E-state index contributed by atoms with van der Waals surface area (Å²) in [5, 5.41) is 16.1. The number of carboxylic acids is 1. The molecule has 0 saturated carbocycles. The molecule has 2 heterocycles. The van der Waals surface area contributed by atoms with E-state index in [2.05, 4.69) is 15.4 Å². The van der Waals surface area contributed by atoms with Crippen LogP contribution in [0.4, 0.5) is 4.79 Å². The van der Waals surface area contributed by atoms with Crippen molar-refractivity contribution in [3.63, 3.8) is 0 Å². The van der Waals surface area contributed by atoms with Crippen LogP contribution in [0.3, 0.4) is 0 Å². The quantitative estimate of drug-likeness (QED) is 0.809. The van der Waals surface area contributed by atoms with Crippen molar-refractivity contribution in [3.05, 3.63) is 12.2 Å². The summed E-state index contributed by atoms with van der Waals surface area (Å²) in [7, 11) is 1.78. The van der Waals surface area contributed by atoms with Crippen LogP contribution in [0.5, 0.6) is 0 Å². The van der Waals surface area contributed by atoms with Gasteiger partial charge in [-0.2, -0.15) is 5.10 Å². The Morgan fingerprint density at radius 1 is 1.55 bits per heavy atom. The number of aliphatic carboxylic acids is 1. The van der Waals surface area contributed by atoms with Crippen LogP contribution in [0.25, 0.3) is 0 Å². The largest absolute Gasteiger partial charge is 0.480 e. The number of rotatable bonds is 4. The number of hydrogen-bond donors (Lipinski definition) is 2. The minimum absolute atomic E-state index is 0.344. The highest BCUT2D eigenvalue weighted by atomic mass is 16.4. The zero-order chi connectivity index (χ0) is 14.8. The minimum Gasteiger partial charge on any atom is -0.480 e. The van der Waals surface area contributed by atoms with Crippen LogP contribution in [0, 0.1) is 0 Å². The Hall–Kier alpha value is -2.12. The zero-order valence-electron chi connectivity index (χ0n) is 11.7. The molecule has 0 bridgehead atoms. The van der Waals surface area contributed by atoms with Crippen LogP contribution in [0.2, 0.25) is 0 Å². The number of nitrogens with zero attached hydrogens (tertiary/aromatic N) is 4. The van der Waals surface area contributed by atoms with E-state index < -0.39 is 11.5 Å². The van der Waals surface area contributed by atoms with Gasteiger partial charge in [-0.1, -0.05) is 0 Å². The molecule has 1 saturated heterocycles. The number of amides is 2. The van der Waals surface area contributed by atoms with Crippen LogP contribution >= 0.6 is 0 Å². The first kappa shape index (κ1) is 14.3. The van der Waals surface area contributed by atoms with Gasteiger partial charge in [-0.05, 0) is 19.8 Å². The lowest BCUT2D eigenvalue weighted by molar-refractivity contribution is -0.147. The van der Waals surface area contributed by atoms with E-state index in [4.69, 9.17) is 0 Å². The third kappa shape index (κ3) is 2.73. The van der Waals surface area contributed by atoms with Crippen LogP contribution < -0.4 is 5.32 Å². The standard InChI is InChI=1S/C12H19N5O3/c1-12(10(18)19)5-3-7-17(12)11(20)13-6-4-9-14-8-16(2)15-9/h8H,3-7H2,1-2H3,(H,13,20)(H,18,19). The molecule has 1 aromatic rings. The van der Waals surface area contributed by atoms with E-state index in [1.54, 1.807) is 25.0 Å². The van der Waals surface area contributed by atoms with Crippen molar-refractivity contribution in [2.75, 3.05) is 13.1 Å². The van der Waals surface area contributed by atoms with Crippen molar-refractivity contribution in [3.8, 4) is 0 Å². The molecular weight excluding hydrogens is 262 g/mol. The van der Waals surface area contributed by atoms with Crippen LogP contribution in [0.15, 0.2) is 6.33 Å². The van der Waals surface area contributed by atoms with E-state index in [1.165, 1.54) is 4.90 Å². The fraction of sp³-hybridized carbons (Fsp3) is 0.667. The van der Waals surface area contributed by atoms with Gasteiger partial charge >= 0.3 is 12.0 Å². The lowest BCUT2D eigenvalue weighted by Gasteiger charge is -2.31. The normalized spacial score (nSPS) is 22.0. The number of nitrogens with one attached hydrogen (secondary N) is 1. The fourth-order valence-electron chi connectivity index (χ4n) is 2.39. The summed E-state index contributed by atoms with van der Waals surface area (Å²) in [5.74, 6) is -0.313. The molecule has 0 spiro atoms. The van der Waals surface area contributed by atoms with Crippen LogP contribution in [-0.4, -0.2) is 55.4 Å². The Kier molecular flexibility index (Phi) is 3.91. The SMILES string of the molecule is Cn1cnc(CCNC(=O)N2CCCC2(C)C(=O)O)n1. The molecule has 2 N–H and O–H groups in total. The van der Waals surface area contributed by atoms with Gasteiger partial charge in [0.1, 0.15) is 11.9 Å². The van der Waals surface area contributed by atoms with Gasteiger partial charge in [0, 0.05) is 26.6 Å².